The zero-order valence-corrected chi connectivity index (χ0v) is 9.62. The van der Waals surface area contributed by atoms with Gasteiger partial charge in [0.2, 0.25) is 0 Å². The van der Waals surface area contributed by atoms with Gasteiger partial charge in [-0.15, -0.1) is 5.10 Å². The molecule has 0 amide bonds. The largest absolute Gasteiger partial charge is 0.330 e. The lowest BCUT2D eigenvalue weighted by molar-refractivity contribution is 0.528. The third kappa shape index (κ3) is 2.69. The zero-order valence-electron chi connectivity index (χ0n) is 8.80. The molecule has 15 heavy (non-hydrogen) atoms. The van der Waals surface area contributed by atoms with Crippen LogP contribution in [0.25, 0.3) is 0 Å². The summed E-state index contributed by atoms with van der Waals surface area (Å²) in [6.45, 7) is 1.53. The quantitative estimate of drug-likeness (QED) is 0.830. The Hall–Kier alpha value is -0.620. The zero-order chi connectivity index (χ0) is 10.5. The highest BCUT2D eigenvalue weighted by Crippen LogP contribution is 2.36. The lowest BCUT2D eigenvalue weighted by Gasteiger charge is -2.20. The first-order chi connectivity index (χ1) is 7.42. The Labute approximate surface area is 93.8 Å². The smallest absolute Gasteiger partial charge is 0.164 e. The number of hydrogen-bond acceptors (Lipinski definition) is 5. The van der Waals surface area contributed by atoms with Gasteiger partial charge in [-0.2, -0.15) is 11.8 Å². The van der Waals surface area contributed by atoms with E-state index in [2.05, 4.69) is 15.5 Å². The Kier molecular flexibility index (Phi) is 3.96. The summed E-state index contributed by atoms with van der Waals surface area (Å²) in [4.78, 5) is 0. The van der Waals surface area contributed by atoms with Crippen LogP contribution in [0.5, 0.6) is 0 Å². The lowest BCUT2D eigenvalue weighted by atomic mass is 10.2. The second-order valence-corrected chi connectivity index (χ2v) is 5.07. The van der Waals surface area contributed by atoms with Gasteiger partial charge in [0.05, 0.1) is 5.25 Å². The number of tetrazole rings is 1. The number of nitrogens with two attached hydrogens (primary N) is 1. The fourth-order valence-corrected chi connectivity index (χ4v) is 3.09. The van der Waals surface area contributed by atoms with Gasteiger partial charge in [-0.3, -0.25) is 0 Å². The highest BCUT2D eigenvalue weighted by atomic mass is 32.2. The van der Waals surface area contributed by atoms with Crippen molar-refractivity contribution in [2.45, 2.75) is 37.5 Å². The monoisotopic (exact) mass is 227 g/mol. The van der Waals surface area contributed by atoms with Crippen LogP contribution in [0.4, 0.5) is 0 Å². The summed E-state index contributed by atoms with van der Waals surface area (Å²) in [5.41, 5.74) is 5.49. The molecule has 0 saturated carbocycles. The molecule has 2 rings (SSSR count). The van der Waals surface area contributed by atoms with Crippen molar-refractivity contribution < 1.29 is 0 Å². The van der Waals surface area contributed by atoms with E-state index in [4.69, 9.17) is 5.73 Å². The van der Waals surface area contributed by atoms with Crippen LogP contribution in [0.1, 0.15) is 36.8 Å². The van der Waals surface area contributed by atoms with Crippen LogP contribution in [0.3, 0.4) is 0 Å². The normalized spacial score (nSPS) is 21.8. The first-order valence-electron chi connectivity index (χ1n) is 5.49. The molecule has 1 saturated heterocycles. The van der Waals surface area contributed by atoms with Gasteiger partial charge in [-0.05, 0) is 42.0 Å². The number of aryl methyl sites for hydroxylation is 1. The molecule has 6 heteroatoms. The topological polar surface area (TPSA) is 69.6 Å². The molecule has 0 aliphatic carbocycles. The standard InChI is InChI=1S/C9H17N5S/c10-5-3-6-14-9(11-12-13-14)8-4-1-2-7-15-8/h8H,1-7,10H2. The Morgan fingerprint density at radius 3 is 3.13 bits per heavy atom. The summed E-state index contributed by atoms with van der Waals surface area (Å²) in [6, 6.07) is 0. The van der Waals surface area contributed by atoms with Gasteiger partial charge < -0.3 is 5.73 Å². The molecule has 2 heterocycles. The summed E-state index contributed by atoms with van der Waals surface area (Å²) in [5.74, 6) is 2.27. The molecule has 1 atom stereocenters. The van der Waals surface area contributed by atoms with E-state index in [-0.39, 0.29) is 0 Å². The van der Waals surface area contributed by atoms with Crippen molar-refractivity contribution in [3.8, 4) is 0 Å². The van der Waals surface area contributed by atoms with Gasteiger partial charge in [-0.25, -0.2) is 4.68 Å². The first kappa shape index (κ1) is 10.9. The number of thioether (sulfide) groups is 1. The molecule has 1 aromatic heterocycles. The van der Waals surface area contributed by atoms with Crippen molar-refractivity contribution in [1.82, 2.24) is 20.2 Å². The van der Waals surface area contributed by atoms with E-state index < -0.39 is 0 Å². The molecular weight excluding hydrogens is 210 g/mol. The van der Waals surface area contributed by atoms with Gasteiger partial charge in [0.25, 0.3) is 0 Å². The van der Waals surface area contributed by atoms with E-state index in [0.29, 0.717) is 11.8 Å². The van der Waals surface area contributed by atoms with Crippen molar-refractivity contribution >= 4 is 11.8 Å². The maximum absolute atomic E-state index is 5.49. The summed E-state index contributed by atoms with van der Waals surface area (Å²) in [5, 5.41) is 12.4. The molecular formula is C9H17N5S. The van der Waals surface area contributed by atoms with Crippen LogP contribution < -0.4 is 5.73 Å². The summed E-state index contributed by atoms with van der Waals surface area (Å²) < 4.78 is 1.91. The van der Waals surface area contributed by atoms with E-state index in [1.54, 1.807) is 0 Å². The molecule has 84 valence electrons. The lowest BCUT2D eigenvalue weighted by Crippen LogP contribution is -2.13. The van der Waals surface area contributed by atoms with Crippen molar-refractivity contribution in [3.05, 3.63) is 5.82 Å². The fourth-order valence-electron chi connectivity index (χ4n) is 1.79. The van der Waals surface area contributed by atoms with Gasteiger partial charge in [0.15, 0.2) is 5.82 Å². The highest BCUT2D eigenvalue weighted by molar-refractivity contribution is 7.99. The Morgan fingerprint density at radius 1 is 1.47 bits per heavy atom. The molecule has 5 nitrogen and oxygen atoms in total. The molecule has 1 aliphatic heterocycles. The van der Waals surface area contributed by atoms with Gasteiger partial charge in [0.1, 0.15) is 0 Å². The van der Waals surface area contributed by atoms with Crippen LogP contribution in [0.2, 0.25) is 0 Å². The van der Waals surface area contributed by atoms with Crippen molar-refractivity contribution in [2.75, 3.05) is 12.3 Å². The van der Waals surface area contributed by atoms with Gasteiger partial charge in [-0.1, -0.05) is 6.42 Å². The maximum Gasteiger partial charge on any atom is 0.164 e. The van der Waals surface area contributed by atoms with Crippen molar-refractivity contribution in [2.24, 2.45) is 5.73 Å². The Balaban J connectivity index is 2.02. The van der Waals surface area contributed by atoms with Crippen LogP contribution in [-0.4, -0.2) is 32.5 Å². The Bertz CT molecular complexity index is 294. The third-order valence-corrected chi connectivity index (χ3v) is 3.97. The SMILES string of the molecule is NCCCn1nnnc1C1CCCCS1. The number of hydrogen-bond donors (Lipinski definition) is 1. The molecule has 1 fully saturated rings. The highest BCUT2D eigenvalue weighted by Gasteiger charge is 2.21. The number of aromatic nitrogens is 4. The van der Waals surface area contributed by atoms with Gasteiger partial charge in [0, 0.05) is 6.54 Å². The number of rotatable bonds is 4. The van der Waals surface area contributed by atoms with Crippen LogP contribution in [0, 0.1) is 0 Å². The summed E-state index contributed by atoms with van der Waals surface area (Å²) >= 11 is 1.97. The minimum absolute atomic E-state index is 0.492. The van der Waals surface area contributed by atoms with Crippen molar-refractivity contribution in [1.29, 1.82) is 0 Å². The average Bonchev–Trinajstić information content (AvgIpc) is 2.75. The predicted octanol–water partition coefficient (Wildman–Crippen LogP) is 0.980. The molecule has 2 N–H and O–H groups in total. The summed E-state index contributed by atoms with van der Waals surface area (Å²) in [7, 11) is 0. The van der Waals surface area contributed by atoms with Crippen LogP contribution >= 0.6 is 11.8 Å². The second-order valence-electron chi connectivity index (χ2n) is 3.76. The minimum Gasteiger partial charge on any atom is -0.330 e. The molecule has 1 unspecified atom stereocenters. The third-order valence-electron chi connectivity index (χ3n) is 2.60. The molecule has 1 aromatic rings. The first-order valence-corrected chi connectivity index (χ1v) is 6.54. The molecule has 0 radical (unpaired) electrons. The molecule has 0 aromatic carbocycles. The van der Waals surface area contributed by atoms with E-state index in [0.717, 1.165) is 18.8 Å². The predicted molar refractivity (Wildman–Crippen MR) is 60.5 cm³/mol. The summed E-state index contributed by atoms with van der Waals surface area (Å²) in [6.07, 6.45) is 4.76. The molecule has 0 bridgehead atoms. The average molecular weight is 227 g/mol. The van der Waals surface area contributed by atoms with Crippen LogP contribution in [-0.2, 0) is 6.54 Å². The van der Waals surface area contributed by atoms with Crippen LogP contribution in [0.15, 0.2) is 0 Å². The minimum atomic E-state index is 0.492. The maximum atomic E-state index is 5.49. The van der Waals surface area contributed by atoms with Crippen molar-refractivity contribution in [3.63, 3.8) is 0 Å². The van der Waals surface area contributed by atoms with E-state index in [1.807, 2.05) is 16.4 Å². The second kappa shape index (κ2) is 5.46. The molecule has 1 aliphatic rings. The fraction of sp³-hybridized carbons (Fsp3) is 0.889. The van der Waals surface area contributed by atoms with Gasteiger partial charge >= 0.3 is 0 Å². The molecule has 0 spiro atoms. The Morgan fingerprint density at radius 2 is 2.40 bits per heavy atom. The van der Waals surface area contributed by atoms with E-state index in [1.165, 1.54) is 25.0 Å². The van der Waals surface area contributed by atoms with E-state index >= 15 is 0 Å². The number of nitrogens with zero attached hydrogens (tertiary/aromatic N) is 4. The van der Waals surface area contributed by atoms with E-state index in [9.17, 15) is 0 Å².